The van der Waals surface area contributed by atoms with Crippen LogP contribution in [0.1, 0.15) is 32.8 Å². The SMILES string of the molecule is CC(N)CC(C)(C)c1ccccc1F. The highest BCUT2D eigenvalue weighted by molar-refractivity contribution is 5.25. The fourth-order valence-corrected chi connectivity index (χ4v) is 1.92. The molecule has 14 heavy (non-hydrogen) atoms. The summed E-state index contributed by atoms with van der Waals surface area (Å²) in [6.45, 7) is 5.99. The molecule has 1 atom stereocenters. The van der Waals surface area contributed by atoms with E-state index in [4.69, 9.17) is 5.73 Å². The number of hydrogen-bond acceptors (Lipinski definition) is 1. The zero-order chi connectivity index (χ0) is 10.8. The van der Waals surface area contributed by atoms with Crippen molar-refractivity contribution >= 4 is 0 Å². The van der Waals surface area contributed by atoms with Crippen LogP contribution in [0, 0.1) is 5.82 Å². The van der Waals surface area contributed by atoms with E-state index in [1.54, 1.807) is 6.07 Å². The van der Waals surface area contributed by atoms with Crippen molar-refractivity contribution < 1.29 is 4.39 Å². The monoisotopic (exact) mass is 195 g/mol. The van der Waals surface area contributed by atoms with Crippen molar-refractivity contribution in [3.8, 4) is 0 Å². The quantitative estimate of drug-likeness (QED) is 0.788. The fraction of sp³-hybridized carbons (Fsp3) is 0.500. The van der Waals surface area contributed by atoms with Gasteiger partial charge in [-0.25, -0.2) is 4.39 Å². The molecule has 0 aliphatic rings. The number of benzene rings is 1. The second-order valence-electron chi connectivity index (χ2n) is 4.55. The number of rotatable bonds is 3. The van der Waals surface area contributed by atoms with Crippen LogP contribution in [0.4, 0.5) is 4.39 Å². The van der Waals surface area contributed by atoms with Crippen molar-refractivity contribution in [3.05, 3.63) is 35.6 Å². The van der Waals surface area contributed by atoms with E-state index in [2.05, 4.69) is 0 Å². The maximum Gasteiger partial charge on any atom is 0.126 e. The molecule has 1 aromatic rings. The van der Waals surface area contributed by atoms with E-state index in [0.29, 0.717) is 0 Å². The molecule has 0 saturated heterocycles. The predicted octanol–water partition coefficient (Wildman–Crippen LogP) is 2.84. The van der Waals surface area contributed by atoms with Crippen molar-refractivity contribution in [2.45, 2.75) is 38.6 Å². The fourth-order valence-electron chi connectivity index (χ4n) is 1.92. The zero-order valence-corrected chi connectivity index (χ0v) is 9.05. The van der Waals surface area contributed by atoms with Crippen molar-refractivity contribution in [2.75, 3.05) is 0 Å². The Morgan fingerprint density at radius 1 is 1.36 bits per heavy atom. The third-order valence-corrected chi connectivity index (χ3v) is 2.44. The van der Waals surface area contributed by atoms with Crippen molar-refractivity contribution in [3.63, 3.8) is 0 Å². The van der Waals surface area contributed by atoms with E-state index in [1.165, 1.54) is 6.07 Å². The summed E-state index contributed by atoms with van der Waals surface area (Å²) in [6.07, 6.45) is 0.786. The number of nitrogens with two attached hydrogens (primary N) is 1. The first kappa shape index (κ1) is 11.2. The Morgan fingerprint density at radius 3 is 2.43 bits per heavy atom. The van der Waals surface area contributed by atoms with Crippen LogP contribution < -0.4 is 5.73 Å². The van der Waals surface area contributed by atoms with Crippen LogP contribution in [0.2, 0.25) is 0 Å². The van der Waals surface area contributed by atoms with Crippen LogP contribution in [0.3, 0.4) is 0 Å². The Bertz CT molecular complexity index is 305. The lowest BCUT2D eigenvalue weighted by Gasteiger charge is -2.27. The van der Waals surface area contributed by atoms with Gasteiger partial charge in [-0.1, -0.05) is 32.0 Å². The average Bonchev–Trinajstić information content (AvgIpc) is 2.02. The van der Waals surface area contributed by atoms with E-state index >= 15 is 0 Å². The van der Waals surface area contributed by atoms with Crippen molar-refractivity contribution in [2.24, 2.45) is 5.73 Å². The molecule has 0 amide bonds. The third kappa shape index (κ3) is 2.55. The third-order valence-electron chi connectivity index (χ3n) is 2.44. The molecule has 0 aromatic heterocycles. The summed E-state index contributed by atoms with van der Waals surface area (Å²) < 4.78 is 13.5. The summed E-state index contributed by atoms with van der Waals surface area (Å²) in [4.78, 5) is 0. The molecule has 78 valence electrons. The Labute approximate surface area is 85.1 Å². The van der Waals surface area contributed by atoms with Gasteiger partial charge in [-0.05, 0) is 30.4 Å². The summed E-state index contributed by atoms with van der Waals surface area (Å²) in [7, 11) is 0. The van der Waals surface area contributed by atoms with Gasteiger partial charge in [0.25, 0.3) is 0 Å². The highest BCUT2D eigenvalue weighted by Gasteiger charge is 2.24. The first-order chi connectivity index (χ1) is 6.43. The van der Waals surface area contributed by atoms with E-state index in [9.17, 15) is 4.39 Å². The van der Waals surface area contributed by atoms with Gasteiger partial charge in [-0.3, -0.25) is 0 Å². The average molecular weight is 195 g/mol. The maximum atomic E-state index is 13.5. The molecule has 1 aromatic carbocycles. The summed E-state index contributed by atoms with van der Waals surface area (Å²) in [5.41, 5.74) is 6.30. The first-order valence-corrected chi connectivity index (χ1v) is 4.94. The van der Waals surface area contributed by atoms with Gasteiger partial charge in [0.2, 0.25) is 0 Å². The second kappa shape index (κ2) is 4.09. The highest BCUT2D eigenvalue weighted by atomic mass is 19.1. The van der Waals surface area contributed by atoms with Gasteiger partial charge in [-0.2, -0.15) is 0 Å². The van der Waals surface area contributed by atoms with Gasteiger partial charge >= 0.3 is 0 Å². The number of hydrogen-bond donors (Lipinski definition) is 1. The van der Waals surface area contributed by atoms with Gasteiger partial charge in [0.1, 0.15) is 5.82 Å². The van der Waals surface area contributed by atoms with Gasteiger partial charge in [-0.15, -0.1) is 0 Å². The van der Waals surface area contributed by atoms with Crippen LogP contribution in [0.5, 0.6) is 0 Å². The zero-order valence-electron chi connectivity index (χ0n) is 9.05. The van der Waals surface area contributed by atoms with E-state index in [1.807, 2.05) is 32.9 Å². The van der Waals surface area contributed by atoms with Gasteiger partial charge in [0.05, 0.1) is 0 Å². The van der Waals surface area contributed by atoms with Crippen LogP contribution >= 0.6 is 0 Å². The molecule has 0 spiro atoms. The van der Waals surface area contributed by atoms with Crippen molar-refractivity contribution in [1.82, 2.24) is 0 Å². The second-order valence-corrected chi connectivity index (χ2v) is 4.55. The molecule has 0 aliphatic carbocycles. The summed E-state index contributed by atoms with van der Waals surface area (Å²) >= 11 is 0. The molecule has 0 heterocycles. The molecule has 2 N–H and O–H groups in total. The van der Waals surface area contributed by atoms with Crippen LogP contribution in [-0.4, -0.2) is 6.04 Å². The number of halogens is 1. The first-order valence-electron chi connectivity index (χ1n) is 4.94. The molecular formula is C12H18FN. The standard InChI is InChI=1S/C12H18FN/c1-9(14)8-12(2,3)10-6-4-5-7-11(10)13/h4-7,9H,8,14H2,1-3H3. The molecule has 0 saturated carbocycles. The molecule has 1 unspecified atom stereocenters. The normalized spacial score (nSPS) is 14.1. The van der Waals surface area contributed by atoms with Crippen LogP contribution in [0.15, 0.2) is 24.3 Å². The largest absolute Gasteiger partial charge is 0.328 e. The van der Waals surface area contributed by atoms with Crippen LogP contribution in [0.25, 0.3) is 0 Å². The van der Waals surface area contributed by atoms with Gasteiger partial charge in [0.15, 0.2) is 0 Å². The van der Waals surface area contributed by atoms with Crippen LogP contribution in [-0.2, 0) is 5.41 Å². The van der Waals surface area contributed by atoms with E-state index in [0.717, 1.165) is 12.0 Å². The smallest absolute Gasteiger partial charge is 0.126 e. The Hall–Kier alpha value is -0.890. The van der Waals surface area contributed by atoms with Gasteiger partial charge < -0.3 is 5.73 Å². The van der Waals surface area contributed by atoms with Crippen molar-refractivity contribution in [1.29, 1.82) is 0 Å². The minimum atomic E-state index is -0.195. The molecule has 0 aliphatic heterocycles. The highest BCUT2D eigenvalue weighted by Crippen LogP contribution is 2.29. The summed E-state index contributed by atoms with van der Waals surface area (Å²) in [5, 5.41) is 0. The molecule has 1 rings (SSSR count). The molecule has 0 bridgehead atoms. The lowest BCUT2D eigenvalue weighted by molar-refractivity contribution is 0.417. The Balaban J connectivity index is 2.97. The molecule has 2 heteroatoms. The summed E-state index contributed by atoms with van der Waals surface area (Å²) in [5.74, 6) is -0.141. The minimum Gasteiger partial charge on any atom is -0.328 e. The molecule has 1 nitrogen and oxygen atoms in total. The summed E-state index contributed by atoms with van der Waals surface area (Å²) in [6, 6.07) is 6.99. The predicted molar refractivity (Wildman–Crippen MR) is 57.7 cm³/mol. The minimum absolute atomic E-state index is 0.0876. The topological polar surface area (TPSA) is 26.0 Å². The lowest BCUT2D eigenvalue weighted by Crippen LogP contribution is -2.29. The molecule has 0 radical (unpaired) electrons. The van der Waals surface area contributed by atoms with Gasteiger partial charge in [0, 0.05) is 6.04 Å². The van der Waals surface area contributed by atoms with E-state index < -0.39 is 0 Å². The lowest BCUT2D eigenvalue weighted by atomic mass is 9.79. The molecule has 0 fully saturated rings. The Morgan fingerprint density at radius 2 is 1.93 bits per heavy atom. The maximum absolute atomic E-state index is 13.5. The Kier molecular flexibility index (Phi) is 3.27. The van der Waals surface area contributed by atoms with E-state index in [-0.39, 0.29) is 17.3 Å². The molecular weight excluding hydrogens is 177 g/mol.